The number of aromatic nitrogens is 2. The van der Waals surface area contributed by atoms with Crippen LogP contribution < -0.4 is 10.6 Å². The number of halogens is 1. The highest BCUT2D eigenvalue weighted by atomic mass is 79.9. The number of anilines is 2. The summed E-state index contributed by atoms with van der Waals surface area (Å²) in [6.07, 6.45) is 0. The molecule has 6 nitrogen and oxygen atoms in total. The minimum atomic E-state index is -0.360. The van der Waals surface area contributed by atoms with Gasteiger partial charge in [-0.3, -0.25) is 14.9 Å². The fourth-order valence-electron chi connectivity index (χ4n) is 2.20. The molecule has 0 saturated heterocycles. The van der Waals surface area contributed by atoms with Gasteiger partial charge in [-0.1, -0.05) is 52.9 Å². The fraction of sp³-hybridized carbons (Fsp3) is 0.158. The van der Waals surface area contributed by atoms with Crippen molar-refractivity contribution in [2.75, 3.05) is 10.6 Å². The van der Waals surface area contributed by atoms with Crippen molar-refractivity contribution in [3.63, 3.8) is 0 Å². The van der Waals surface area contributed by atoms with Gasteiger partial charge in [0.15, 0.2) is 4.34 Å². The van der Waals surface area contributed by atoms with Gasteiger partial charge in [-0.05, 0) is 54.0 Å². The molecule has 2 aromatic carbocycles. The molecule has 144 valence electrons. The summed E-state index contributed by atoms with van der Waals surface area (Å²) in [5.41, 5.74) is 2.39. The van der Waals surface area contributed by atoms with Gasteiger partial charge in [-0.2, -0.15) is 0 Å². The molecule has 3 aromatic rings. The van der Waals surface area contributed by atoms with Crippen LogP contribution in [-0.4, -0.2) is 27.3 Å². The number of nitrogens with zero attached hydrogens (tertiary/aromatic N) is 2. The zero-order chi connectivity index (χ0) is 20.1. The van der Waals surface area contributed by atoms with E-state index in [4.69, 9.17) is 0 Å². The van der Waals surface area contributed by atoms with Crippen LogP contribution in [0.25, 0.3) is 0 Å². The molecule has 0 fully saturated rings. The lowest BCUT2D eigenvalue weighted by Crippen LogP contribution is -2.22. The molecule has 1 aromatic heterocycles. The molecule has 3 rings (SSSR count). The minimum Gasteiger partial charge on any atom is -0.325 e. The van der Waals surface area contributed by atoms with Crippen LogP contribution in [0.3, 0.4) is 0 Å². The van der Waals surface area contributed by atoms with Crippen molar-refractivity contribution >= 4 is 61.7 Å². The Hall–Kier alpha value is -2.23. The fourth-order valence-corrected chi connectivity index (χ4v) is 4.56. The second-order valence-corrected chi connectivity index (χ2v) is 9.34. The number of rotatable bonds is 6. The summed E-state index contributed by atoms with van der Waals surface area (Å²) in [6, 6.07) is 14.8. The zero-order valence-corrected chi connectivity index (χ0v) is 18.3. The van der Waals surface area contributed by atoms with Crippen molar-refractivity contribution < 1.29 is 9.59 Å². The van der Waals surface area contributed by atoms with Gasteiger partial charge >= 0.3 is 0 Å². The quantitative estimate of drug-likeness (QED) is 0.387. The van der Waals surface area contributed by atoms with E-state index in [1.807, 2.05) is 37.3 Å². The summed E-state index contributed by atoms with van der Waals surface area (Å²) in [7, 11) is 0. The van der Waals surface area contributed by atoms with Gasteiger partial charge in [0, 0.05) is 10.2 Å². The van der Waals surface area contributed by atoms with Gasteiger partial charge in [-0.15, -0.1) is 10.2 Å². The van der Waals surface area contributed by atoms with Gasteiger partial charge < -0.3 is 5.32 Å². The number of carbonyl (C=O) groups is 2. The average molecular weight is 477 g/mol. The molecule has 0 aliphatic rings. The van der Waals surface area contributed by atoms with Crippen molar-refractivity contribution in [2.45, 2.75) is 23.4 Å². The number of amides is 2. The lowest BCUT2D eigenvalue weighted by molar-refractivity contribution is -0.115. The van der Waals surface area contributed by atoms with Gasteiger partial charge in [0.05, 0.1) is 10.8 Å². The van der Waals surface area contributed by atoms with Crippen LogP contribution in [-0.2, 0) is 4.79 Å². The Morgan fingerprint density at radius 3 is 2.50 bits per heavy atom. The number of hydrogen-bond donors (Lipinski definition) is 2. The third-order valence-electron chi connectivity index (χ3n) is 3.71. The summed E-state index contributed by atoms with van der Waals surface area (Å²) in [6.45, 7) is 3.79. The Morgan fingerprint density at radius 2 is 1.79 bits per heavy atom. The Labute approximate surface area is 179 Å². The second kappa shape index (κ2) is 9.31. The molecule has 0 spiro atoms. The Kier molecular flexibility index (Phi) is 6.82. The van der Waals surface area contributed by atoms with E-state index in [1.54, 1.807) is 25.1 Å². The topological polar surface area (TPSA) is 84.0 Å². The first-order chi connectivity index (χ1) is 13.4. The summed E-state index contributed by atoms with van der Waals surface area (Å²) in [4.78, 5) is 24.7. The van der Waals surface area contributed by atoms with Crippen molar-refractivity contribution in [3.05, 3.63) is 64.1 Å². The SMILES string of the molecule is Cc1ccc(NC(=O)C(C)Sc2nnc(NC(=O)c3ccccc3Br)s2)cc1. The van der Waals surface area contributed by atoms with Crippen LogP contribution in [0.2, 0.25) is 0 Å². The molecule has 0 aliphatic carbocycles. The van der Waals surface area contributed by atoms with E-state index in [9.17, 15) is 9.59 Å². The normalized spacial score (nSPS) is 11.7. The Bertz CT molecular complexity index is 992. The highest BCUT2D eigenvalue weighted by molar-refractivity contribution is 9.10. The first kappa shape index (κ1) is 20.5. The van der Waals surface area contributed by atoms with E-state index in [2.05, 4.69) is 36.8 Å². The Balaban J connectivity index is 1.57. The monoisotopic (exact) mass is 476 g/mol. The molecule has 1 unspecified atom stereocenters. The van der Waals surface area contributed by atoms with Gasteiger partial charge in [0.25, 0.3) is 5.91 Å². The molecule has 2 N–H and O–H groups in total. The summed E-state index contributed by atoms with van der Waals surface area (Å²) in [5.74, 6) is -0.395. The van der Waals surface area contributed by atoms with Crippen molar-refractivity contribution in [3.8, 4) is 0 Å². The molecule has 1 heterocycles. The highest BCUT2D eigenvalue weighted by Crippen LogP contribution is 2.30. The predicted molar refractivity (Wildman–Crippen MR) is 117 cm³/mol. The molecule has 28 heavy (non-hydrogen) atoms. The van der Waals surface area contributed by atoms with E-state index < -0.39 is 0 Å². The first-order valence-corrected chi connectivity index (χ1v) is 10.8. The number of benzene rings is 2. The lowest BCUT2D eigenvalue weighted by Gasteiger charge is -2.10. The van der Waals surface area contributed by atoms with E-state index in [-0.39, 0.29) is 17.1 Å². The number of thioether (sulfide) groups is 1. The molecular weight excluding hydrogens is 460 g/mol. The van der Waals surface area contributed by atoms with Crippen LogP contribution >= 0.6 is 39.0 Å². The maximum absolute atomic E-state index is 12.4. The molecule has 0 aliphatic heterocycles. The van der Waals surface area contributed by atoms with Gasteiger partial charge in [0.1, 0.15) is 0 Å². The van der Waals surface area contributed by atoms with Gasteiger partial charge in [0.2, 0.25) is 11.0 Å². The number of carbonyl (C=O) groups excluding carboxylic acids is 2. The largest absolute Gasteiger partial charge is 0.325 e. The zero-order valence-electron chi connectivity index (χ0n) is 15.1. The number of hydrogen-bond acceptors (Lipinski definition) is 6. The van der Waals surface area contributed by atoms with Crippen LogP contribution in [0.15, 0.2) is 57.3 Å². The third kappa shape index (κ3) is 5.40. The molecule has 1 atom stereocenters. The van der Waals surface area contributed by atoms with E-state index in [1.165, 1.54) is 23.1 Å². The molecular formula is C19H17BrN4O2S2. The smallest absolute Gasteiger partial charge is 0.258 e. The maximum atomic E-state index is 12.4. The Morgan fingerprint density at radius 1 is 1.07 bits per heavy atom. The molecule has 9 heteroatoms. The van der Waals surface area contributed by atoms with Crippen LogP contribution in [0, 0.1) is 6.92 Å². The number of nitrogens with one attached hydrogen (secondary N) is 2. The van der Waals surface area contributed by atoms with Crippen LogP contribution in [0.1, 0.15) is 22.8 Å². The van der Waals surface area contributed by atoms with Gasteiger partial charge in [-0.25, -0.2) is 0 Å². The standard InChI is InChI=1S/C19H17BrN4O2S2/c1-11-7-9-13(10-8-11)21-16(25)12(2)27-19-24-23-18(28-19)22-17(26)14-5-3-4-6-15(14)20/h3-10,12H,1-2H3,(H,21,25)(H,22,23,26). The van der Waals surface area contributed by atoms with Crippen LogP contribution in [0.4, 0.5) is 10.8 Å². The summed E-state index contributed by atoms with van der Waals surface area (Å²) >= 11 is 5.88. The van der Waals surface area contributed by atoms with Crippen LogP contribution in [0.5, 0.6) is 0 Å². The van der Waals surface area contributed by atoms with E-state index in [0.717, 1.165) is 11.3 Å². The minimum absolute atomic E-state index is 0.122. The predicted octanol–water partition coefficient (Wildman–Crippen LogP) is 4.98. The average Bonchev–Trinajstić information content (AvgIpc) is 3.10. The highest BCUT2D eigenvalue weighted by Gasteiger charge is 2.18. The van der Waals surface area contributed by atoms with Crippen molar-refractivity contribution in [2.24, 2.45) is 0 Å². The second-order valence-electron chi connectivity index (χ2n) is 5.92. The molecule has 0 bridgehead atoms. The van der Waals surface area contributed by atoms with E-state index in [0.29, 0.717) is 19.5 Å². The third-order valence-corrected chi connectivity index (χ3v) is 6.43. The van der Waals surface area contributed by atoms with E-state index >= 15 is 0 Å². The maximum Gasteiger partial charge on any atom is 0.258 e. The number of aryl methyl sites for hydroxylation is 1. The first-order valence-electron chi connectivity index (χ1n) is 8.36. The lowest BCUT2D eigenvalue weighted by atomic mass is 10.2. The molecule has 0 radical (unpaired) electrons. The summed E-state index contributed by atoms with van der Waals surface area (Å²) in [5, 5.41) is 13.7. The molecule has 0 saturated carbocycles. The van der Waals surface area contributed by atoms with Crippen molar-refractivity contribution in [1.82, 2.24) is 10.2 Å². The summed E-state index contributed by atoms with van der Waals surface area (Å²) < 4.78 is 1.31. The van der Waals surface area contributed by atoms with Crippen molar-refractivity contribution in [1.29, 1.82) is 0 Å². The molecule has 2 amide bonds.